The molecule has 0 amide bonds. The molecule has 0 bridgehead atoms. The van der Waals surface area contributed by atoms with E-state index in [9.17, 15) is 0 Å². The Labute approximate surface area is 134 Å². The summed E-state index contributed by atoms with van der Waals surface area (Å²) in [5, 5.41) is 9.16. The average molecular weight is 316 g/mol. The van der Waals surface area contributed by atoms with Crippen molar-refractivity contribution in [2.45, 2.75) is 19.9 Å². The van der Waals surface area contributed by atoms with E-state index in [4.69, 9.17) is 11.6 Å². The minimum Gasteiger partial charge on any atom is -0.306 e. The lowest BCUT2D eigenvalue weighted by molar-refractivity contribution is 0.643. The molecule has 1 aromatic heterocycles. The van der Waals surface area contributed by atoms with Gasteiger partial charge in [-0.05, 0) is 40.7 Å². The van der Waals surface area contributed by atoms with Crippen molar-refractivity contribution in [1.29, 1.82) is 0 Å². The predicted molar refractivity (Wildman–Crippen MR) is 93.5 cm³/mol. The summed E-state index contributed by atoms with van der Waals surface area (Å²) in [6.07, 6.45) is 0. The van der Waals surface area contributed by atoms with Gasteiger partial charge in [-0.2, -0.15) is 0 Å². The van der Waals surface area contributed by atoms with Gasteiger partial charge in [0.15, 0.2) is 0 Å². The van der Waals surface area contributed by atoms with Crippen molar-refractivity contribution in [2.24, 2.45) is 0 Å². The molecule has 21 heavy (non-hydrogen) atoms. The summed E-state index contributed by atoms with van der Waals surface area (Å²) in [5.74, 6) is 0. The fraction of sp³-hybridized carbons (Fsp3) is 0.222. The Morgan fingerprint density at radius 3 is 2.62 bits per heavy atom. The molecule has 0 spiro atoms. The van der Waals surface area contributed by atoms with Crippen LogP contribution in [-0.2, 0) is 0 Å². The van der Waals surface area contributed by atoms with Crippen LogP contribution in [0.25, 0.3) is 10.8 Å². The van der Waals surface area contributed by atoms with Gasteiger partial charge in [-0.1, -0.05) is 61.0 Å². The molecule has 3 rings (SSSR count). The molecule has 1 N–H and O–H groups in total. The normalized spacial score (nSPS) is 12.7. The van der Waals surface area contributed by atoms with Gasteiger partial charge < -0.3 is 5.32 Å². The smallest absolute Gasteiger partial charge is 0.0692 e. The summed E-state index contributed by atoms with van der Waals surface area (Å²) in [6, 6.07) is 15.1. The Balaban J connectivity index is 2.18. The number of halogens is 1. The third-order valence-electron chi connectivity index (χ3n) is 3.73. The van der Waals surface area contributed by atoms with E-state index in [1.807, 2.05) is 0 Å². The van der Waals surface area contributed by atoms with Crippen molar-refractivity contribution in [3.63, 3.8) is 0 Å². The van der Waals surface area contributed by atoms with Crippen LogP contribution in [0.5, 0.6) is 0 Å². The van der Waals surface area contributed by atoms with Crippen LogP contribution >= 0.6 is 22.9 Å². The Morgan fingerprint density at radius 2 is 1.90 bits per heavy atom. The van der Waals surface area contributed by atoms with Crippen LogP contribution in [-0.4, -0.2) is 6.54 Å². The van der Waals surface area contributed by atoms with Crippen LogP contribution in [0.4, 0.5) is 0 Å². The van der Waals surface area contributed by atoms with E-state index in [0.717, 1.165) is 17.1 Å². The van der Waals surface area contributed by atoms with Crippen LogP contribution in [0.1, 0.15) is 29.0 Å². The molecule has 0 aliphatic rings. The highest BCUT2D eigenvalue weighted by Gasteiger charge is 2.20. The van der Waals surface area contributed by atoms with Gasteiger partial charge in [-0.15, -0.1) is 11.3 Å². The van der Waals surface area contributed by atoms with E-state index in [2.05, 4.69) is 67.0 Å². The molecular formula is C18H18ClNS. The lowest BCUT2D eigenvalue weighted by Crippen LogP contribution is -2.21. The Kier molecular flexibility index (Phi) is 4.29. The maximum atomic E-state index is 6.51. The highest BCUT2D eigenvalue weighted by atomic mass is 35.5. The molecule has 0 radical (unpaired) electrons. The summed E-state index contributed by atoms with van der Waals surface area (Å²) in [5.41, 5.74) is 2.44. The highest BCUT2D eigenvalue weighted by molar-refractivity contribution is 7.10. The number of rotatable bonds is 4. The van der Waals surface area contributed by atoms with Gasteiger partial charge in [0, 0.05) is 4.88 Å². The minimum atomic E-state index is 0.146. The molecule has 2 aromatic carbocycles. The Morgan fingerprint density at radius 1 is 1.14 bits per heavy atom. The Bertz CT molecular complexity index is 758. The molecule has 108 valence electrons. The molecule has 3 heteroatoms. The topological polar surface area (TPSA) is 12.0 Å². The van der Waals surface area contributed by atoms with Crippen molar-refractivity contribution in [3.05, 3.63) is 68.9 Å². The molecule has 1 unspecified atom stereocenters. The van der Waals surface area contributed by atoms with Crippen molar-refractivity contribution in [1.82, 2.24) is 5.32 Å². The first-order valence-corrected chi connectivity index (χ1v) is 8.42. The summed E-state index contributed by atoms with van der Waals surface area (Å²) in [4.78, 5) is 1.20. The predicted octanol–water partition coefficient (Wildman–Crippen LogP) is 5.56. The third kappa shape index (κ3) is 2.71. The van der Waals surface area contributed by atoms with Crippen LogP contribution in [0.3, 0.4) is 0 Å². The minimum absolute atomic E-state index is 0.146. The van der Waals surface area contributed by atoms with Gasteiger partial charge in [-0.3, -0.25) is 0 Å². The van der Waals surface area contributed by atoms with Gasteiger partial charge in [0.25, 0.3) is 0 Å². The number of fused-ring (bicyclic) bond motifs is 1. The number of thiophene rings is 1. The molecule has 1 atom stereocenters. The lowest BCUT2D eigenvalue weighted by atomic mass is 9.97. The largest absolute Gasteiger partial charge is 0.306 e. The zero-order chi connectivity index (χ0) is 14.8. The van der Waals surface area contributed by atoms with Crippen molar-refractivity contribution >= 4 is 33.7 Å². The van der Waals surface area contributed by atoms with Gasteiger partial charge in [0.05, 0.1) is 11.1 Å². The van der Waals surface area contributed by atoms with Crippen molar-refractivity contribution in [3.8, 4) is 0 Å². The van der Waals surface area contributed by atoms with E-state index in [1.54, 1.807) is 11.3 Å². The van der Waals surface area contributed by atoms with Crippen molar-refractivity contribution in [2.75, 3.05) is 6.54 Å². The first-order valence-electron chi connectivity index (χ1n) is 7.17. The van der Waals surface area contributed by atoms with E-state index < -0.39 is 0 Å². The molecular weight excluding hydrogens is 298 g/mol. The fourth-order valence-electron chi connectivity index (χ4n) is 2.69. The van der Waals surface area contributed by atoms with Crippen molar-refractivity contribution < 1.29 is 0 Å². The van der Waals surface area contributed by atoms with E-state index in [0.29, 0.717) is 0 Å². The third-order valence-corrected chi connectivity index (χ3v) is 5.51. The van der Waals surface area contributed by atoms with Gasteiger partial charge in [0.1, 0.15) is 0 Å². The second-order valence-electron chi connectivity index (χ2n) is 5.16. The van der Waals surface area contributed by atoms with Crippen LogP contribution < -0.4 is 5.32 Å². The Hall–Kier alpha value is -1.35. The zero-order valence-corrected chi connectivity index (χ0v) is 13.8. The van der Waals surface area contributed by atoms with Crippen LogP contribution in [0, 0.1) is 6.92 Å². The van der Waals surface area contributed by atoms with Gasteiger partial charge in [0.2, 0.25) is 0 Å². The zero-order valence-electron chi connectivity index (χ0n) is 12.2. The molecule has 3 aromatic rings. The molecule has 1 nitrogen and oxygen atoms in total. The first-order chi connectivity index (χ1) is 10.2. The van der Waals surface area contributed by atoms with E-state index in [-0.39, 0.29) is 6.04 Å². The molecule has 0 aliphatic carbocycles. The number of aryl methyl sites for hydroxylation is 1. The number of benzene rings is 2. The molecule has 0 saturated heterocycles. The molecule has 1 heterocycles. The maximum absolute atomic E-state index is 6.51. The summed E-state index contributed by atoms with van der Waals surface area (Å²) >= 11 is 8.24. The average Bonchev–Trinajstić information content (AvgIpc) is 2.84. The molecule has 0 aliphatic heterocycles. The number of hydrogen-bond acceptors (Lipinski definition) is 2. The summed E-state index contributed by atoms with van der Waals surface area (Å²) < 4.78 is 0. The highest BCUT2D eigenvalue weighted by Crippen LogP contribution is 2.37. The first kappa shape index (κ1) is 14.6. The fourth-order valence-corrected chi connectivity index (χ4v) is 4.09. The van der Waals surface area contributed by atoms with E-state index in [1.165, 1.54) is 21.2 Å². The SMILES string of the molecule is CCNC(c1scc(C)c1Cl)c1cccc2ccccc12. The molecule has 0 saturated carbocycles. The number of hydrogen-bond donors (Lipinski definition) is 1. The van der Waals surface area contributed by atoms with Crippen LogP contribution in [0.15, 0.2) is 47.8 Å². The number of nitrogens with one attached hydrogen (secondary N) is 1. The summed E-state index contributed by atoms with van der Waals surface area (Å²) in [6.45, 7) is 5.10. The lowest BCUT2D eigenvalue weighted by Gasteiger charge is -2.20. The maximum Gasteiger partial charge on any atom is 0.0692 e. The molecule has 0 fully saturated rings. The second kappa shape index (κ2) is 6.18. The standard InChI is InChI=1S/C18H18ClNS/c1-3-20-17(18-16(19)12(2)11-21-18)15-10-6-8-13-7-4-5-9-14(13)15/h4-11,17,20H,3H2,1-2H3. The van der Waals surface area contributed by atoms with Crippen LogP contribution in [0.2, 0.25) is 5.02 Å². The van der Waals surface area contributed by atoms with Gasteiger partial charge in [-0.25, -0.2) is 0 Å². The monoisotopic (exact) mass is 315 g/mol. The van der Waals surface area contributed by atoms with Gasteiger partial charge >= 0.3 is 0 Å². The second-order valence-corrected chi connectivity index (χ2v) is 6.45. The quantitative estimate of drug-likeness (QED) is 0.664. The summed E-state index contributed by atoms with van der Waals surface area (Å²) in [7, 11) is 0. The van der Waals surface area contributed by atoms with E-state index >= 15 is 0 Å².